The van der Waals surface area contributed by atoms with Crippen LogP contribution in [0.1, 0.15) is 41.7 Å². The van der Waals surface area contributed by atoms with E-state index >= 15 is 0 Å². The average Bonchev–Trinajstić information content (AvgIpc) is 2.98. The number of hydrogen-bond acceptors (Lipinski definition) is 4. The van der Waals surface area contributed by atoms with Crippen molar-refractivity contribution < 1.29 is 10.0 Å². The van der Waals surface area contributed by atoms with Crippen LogP contribution in [0.4, 0.5) is 0 Å². The normalized spacial score (nSPS) is 16.4. The summed E-state index contributed by atoms with van der Waals surface area (Å²) in [4.78, 5) is 18.5. The second kappa shape index (κ2) is 6.36. The van der Waals surface area contributed by atoms with Gasteiger partial charge in [-0.2, -0.15) is 0 Å². The van der Waals surface area contributed by atoms with Gasteiger partial charge >= 0.3 is 0 Å². The summed E-state index contributed by atoms with van der Waals surface area (Å²) in [5.74, 6) is -0.111. The van der Waals surface area contributed by atoms with Gasteiger partial charge in [-0.25, -0.2) is 0 Å². The Hall–Kier alpha value is -2.11. The number of amides is 1. The summed E-state index contributed by atoms with van der Waals surface area (Å²) in [6, 6.07) is 3.80. The lowest BCUT2D eigenvalue weighted by molar-refractivity contribution is 0.0705. The second-order valence-corrected chi connectivity index (χ2v) is 5.13. The van der Waals surface area contributed by atoms with Gasteiger partial charge in [0.2, 0.25) is 0 Å². The first-order valence-corrected chi connectivity index (χ1v) is 6.82. The van der Waals surface area contributed by atoms with Crippen LogP contribution < -0.4 is 5.73 Å². The third-order valence-corrected chi connectivity index (χ3v) is 3.70. The van der Waals surface area contributed by atoms with Gasteiger partial charge in [-0.1, -0.05) is 24.1 Å². The fraction of sp³-hybridized carbons (Fsp3) is 0.500. The zero-order valence-electron chi connectivity index (χ0n) is 11.6. The van der Waals surface area contributed by atoms with E-state index in [1.165, 1.54) is 0 Å². The summed E-state index contributed by atoms with van der Waals surface area (Å²) in [6.07, 6.45) is 5.72. The number of oxime groups is 1. The van der Waals surface area contributed by atoms with Gasteiger partial charge in [0, 0.05) is 12.2 Å². The summed E-state index contributed by atoms with van der Waals surface area (Å²) in [6.45, 7) is 1.99. The minimum absolute atomic E-state index is 0.0406. The minimum Gasteiger partial charge on any atom is -0.409 e. The predicted octanol–water partition coefficient (Wildman–Crippen LogP) is 1.52. The quantitative estimate of drug-likeness (QED) is 0.377. The maximum atomic E-state index is 12.7. The molecule has 0 radical (unpaired) electrons. The Balaban J connectivity index is 2.25. The maximum absolute atomic E-state index is 12.7. The Morgan fingerprint density at radius 2 is 2.25 bits per heavy atom. The highest BCUT2D eigenvalue weighted by Gasteiger charge is 2.29. The molecule has 0 aliphatic heterocycles. The van der Waals surface area contributed by atoms with E-state index in [0.29, 0.717) is 5.69 Å². The van der Waals surface area contributed by atoms with Crippen LogP contribution in [0.2, 0.25) is 0 Å². The molecule has 1 saturated carbocycles. The first kappa shape index (κ1) is 14.3. The maximum Gasteiger partial charge on any atom is 0.273 e. The van der Waals surface area contributed by atoms with Gasteiger partial charge < -0.3 is 15.8 Å². The van der Waals surface area contributed by atoms with Crippen molar-refractivity contribution in [2.24, 2.45) is 10.9 Å². The van der Waals surface area contributed by atoms with Gasteiger partial charge in [-0.15, -0.1) is 0 Å². The van der Waals surface area contributed by atoms with Crippen molar-refractivity contribution >= 4 is 11.7 Å². The van der Waals surface area contributed by atoms with E-state index in [-0.39, 0.29) is 24.3 Å². The zero-order chi connectivity index (χ0) is 14.5. The molecule has 0 saturated heterocycles. The van der Waals surface area contributed by atoms with Gasteiger partial charge in [-0.3, -0.25) is 9.78 Å². The van der Waals surface area contributed by atoms with E-state index in [9.17, 15) is 4.79 Å². The van der Waals surface area contributed by atoms with Crippen LogP contribution in [-0.2, 0) is 0 Å². The summed E-state index contributed by atoms with van der Waals surface area (Å²) in [5, 5.41) is 11.7. The number of nitrogens with zero attached hydrogens (tertiary/aromatic N) is 3. The molecule has 1 amide bonds. The van der Waals surface area contributed by atoms with Crippen LogP contribution in [0.15, 0.2) is 23.5 Å². The van der Waals surface area contributed by atoms with Gasteiger partial charge in [0.25, 0.3) is 5.91 Å². The number of pyridine rings is 1. The molecule has 1 heterocycles. The van der Waals surface area contributed by atoms with Gasteiger partial charge in [0.05, 0.1) is 6.54 Å². The number of aryl methyl sites for hydroxylation is 1. The fourth-order valence-corrected chi connectivity index (χ4v) is 2.63. The largest absolute Gasteiger partial charge is 0.409 e. The van der Waals surface area contributed by atoms with Crippen molar-refractivity contribution in [1.29, 1.82) is 0 Å². The molecule has 0 atom stereocenters. The molecule has 0 unspecified atom stereocenters. The number of rotatable bonds is 4. The molecule has 1 aromatic heterocycles. The monoisotopic (exact) mass is 276 g/mol. The number of amidine groups is 1. The van der Waals surface area contributed by atoms with Crippen LogP contribution in [0.25, 0.3) is 0 Å². The second-order valence-electron chi connectivity index (χ2n) is 5.13. The van der Waals surface area contributed by atoms with Gasteiger partial charge in [0.15, 0.2) is 5.84 Å². The summed E-state index contributed by atoms with van der Waals surface area (Å²) in [5.41, 5.74) is 6.85. The molecule has 0 aromatic carbocycles. The standard InChI is InChI=1S/C14H20N4O2/c1-10-5-4-8-16-13(10)14(19)18(9-12(15)17-20)11-6-2-3-7-11/h4-5,8,11,20H,2-3,6-7,9H2,1H3,(H2,15,17). The van der Waals surface area contributed by atoms with Crippen molar-refractivity contribution in [3.63, 3.8) is 0 Å². The van der Waals surface area contributed by atoms with Crippen LogP contribution in [0.5, 0.6) is 0 Å². The molecule has 0 spiro atoms. The third kappa shape index (κ3) is 3.07. The molecule has 1 aromatic rings. The van der Waals surface area contributed by atoms with Crippen LogP contribution in [-0.4, -0.2) is 39.4 Å². The van der Waals surface area contributed by atoms with Crippen molar-refractivity contribution in [2.45, 2.75) is 38.6 Å². The van der Waals surface area contributed by atoms with E-state index in [2.05, 4.69) is 10.1 Å². The fourth-order valence-electron chi connectivity index (χ4n) is 2.63. The molecule has 108 valence electrons. The van der Waals surface area contributed by atoms with Crippen molar-refractivity contribution in [3.05, 3.63) is 29.6 Å². The lowest BCUT2D eigenvalue weighted by Gasteiger charge is -2.28. The third-order valence-electron chi connectivity index (χ3n) is 3.70. The molecular weight excluding hydrogens is 256 g/mol. The molecule has 1 aliphatic carbocycles. The molecular formula is C14H20N4O2. The van der Waals surface area contributed by atoms with E-state index < -0.39 is 0 Å². The van der Waals surface area contributed by atoms with Crippen LogP contribution >= 0.6 is 0 Å². The smallest absolute Gasteiger partial charge is 0.273 e. The van der Waals surface area contributed by atoms with Crippen LogP contribution in [0, 0.1) is 6.92 Å². The Bertz CT molecular complexity index is 510. The highest BCUT2D eigenvalue weighted by Crippen LogP contribution is 2.25. The Morgan fingerprint density at radius 1 is 1.55 bits per heavy atom. The Kier molecular flexibility index (Phi) is 4.55. The number of nitrogens with two attached hydrogens (primary N) is 1. The molecule has 0 bridgehead atoms. The molecule has 1 aliphatic rings. The van der Waals surface area contributed by atoms with E-state index in [1.807, 2.05) is 13.0 Å². The molecule has 2 rings (SSSR count). The number of aromatic nitrogens is 1. The molecule has 1 fully saturated rings. The highest BCUT2D eigenvalue weighted by atomic mass is 16.4. The number of hydrogen-bond donors (Lipinski definition) is 2. The number of carbonyl (C=O) groups excluding carboxylic acids is 1. The molecule has 6 nitrogen and oxygen atoms in total. The molecule has 20 heavy (non-hydrogen) atoms. The number of carbonyl (C=O) groups is 1. The summed E-state index contributed by atoms with van der Waals surface area (Å²) >= 11 is 0. The molecule has 6 heteroatoms. The van der Waals surface area contributed by atoms with E-state index in [0.717, 1.165) is 31.2 Å². The average molecular weight is 276 g/mol. The lowest BCUT2D eigenvalue weighted by Crippen LogP contribution is -2.44. The minimum atomic E-state index is -0.151. The zero-order valence-corrected chi connectivity index (χ0v) is 11.6. The SMILES string of the molecule is Cc1cccnc1C(=O)N(CC(N)=NO)C1CCCC1. The predicted molar refractivity (Wildman–Crippen MR) is 75.7 cm³/mol. The highest BCUT2D eigenvalue weighted by molar-refractivity contribution is 5.96. The van der Waals surface area contributed by atoms with Crippen molar-refractivity contribution in [2.75, 3.05) is 6.54 Å². The van der Waals surface area contributed by atoms with Crippen LogP contribution in [0.3, 0.4) is 0 Å². The summed E-state index contributed by atoms with van der Waals surface area (Å²) in [7, 11) is 0. The topological polar surface area (TPSA) is 91.8 Å². The first-order chi connectivity index (χ1) is 9.63. The Morgan fingerprint density at radius 3 is 2.85 bits per heavy atom. The lowest BCUT2D eigenvalue weighted by atomic mass is 10.1. The van der Waals surface area contributed by atoms with E-state index in [4.69, 9.17) is 10.9 Å². The van der Waals surface area contributed by atoms with Gasteiger partial charge in [-0.05, 0) is 31.4 Å². The van der Waals surface area contributed by atoms with Crippen molar-refractivity contribution in [3.8, 4) is 0 Å². The van der Waals surface area contributed by atoms with Gasteiger partial charge in [0.1, 0.15) is 5.69 Å². The Labute approximate surface area is 118 Å². The summed E-state index contributed by atoms with van der Waals surface area (Å²) < 4.78 is 0. The first-order valence-electron chi connectivity index (χ1n) is 6.82. The van der Waals surface area contributed by atoms with E-state index in [1.54, 1.807) is 17.2 Å². The molecule has 3 N–H and O–H groups in total. The van der Waals surface area contributed by atoms with Crippen molar-refractivity contribution in [1.82, 2.24) is 9.88 Å².